The fourth-order valence-corrected chi connectivity index (χ4v) is 2.13. The van der Waals surface area contributed by atoms with Crippen LogP contribution in [0.5, 0.6) is 0 Å². The Hall–Kier alpha value is -0.650. The number of unbranched alkanes of at least 4 members (excludes halogenated alkanes) is 1. The smallest absolute Gasteiger partial charge is 0.236 e. The van der Waals surface area contributed by atoms with E-state index < -0.39 is 6.10 Å². The van der Waals surface area contributed by atoms with Crippen LogP contribution >= 0.6 is 0 Å². The van der Waals surface area contributed by atoms with Crippen LogP contribution in [0.2, 0.25) is 0 Å². The Kier molecular flexibility index (Phi) is 8.79. The van der Waals surface area contributed by atoms with Gasteiger partial charge in [0.25, 0.3) is 0 Å². The topological polar surface area (TPSA) is 61.8 Å². The summed E-state index contributed by atoms with van der Waals surface area (Å²) in [6.45, 7) is 5.61. The van der Waals surface area contributed by atoms with Crippen molar-refractivity contribution < 1.29 is 14.6 Å². The summed E-state index contributed by atoms with van der Waals surface area (Å²) in [5.74, 6) is 0.138. The molecule has 0 aromatic heterocycles. The lowest BCUT2D eigenvalue weighted by atomic mass is 10.1. The van der Waals surface area contributed by atoms with Crippen molar-refractivity contribution in [3.63, 3.8) is 0 Å². The number of nitrogens with one attached hydrogen (secondary N) is 1. The van der Waals surface area contributed by atoms with Crippen molar-refractivity contribution in [3.05, 3.63) is 0 Å². The van der Waals surface area contributed by atoms with Gasteiger partial charge in [-0.3, -0.25) is 4.79 Å². The maximum absolute atomic E-state index is 11.8. The van der Waals surface area contributed by atoms with Crippen LogP contribution in [0.4, 0.5) is 0 Å². The molecule has 1 aliphatic rings. The van der Waals surface area contributed by atoms with E-state index in [2.05, 4.69) is 12.2 Å². The van der Waals surface area contributed by atoms with Crippen molar-refractivity contribution in [1.82, 2.24) is 10.2 Å². The Labute approximate surface area is 116 Å². The molecule has 1 saturated heterocycles. The van der Waals surface area contributed by atoms with Gasteiger partial charge in [-0.2, -0.15) is 0 Å². The SMILES string of the molecule is CCCCOCC(O)CNCC(=O)N1CCCCC1. The molecule has 19 heavy (non-hydrogen) atoms. The van der Waals surface area contributed by atoms with Crippen molar-refractivity contribution >= 4 is 5.91 Å². The molecule has 5 heteroatoms. The zero-order valence-corrected chi connectivity index (χ0v) is 12.1. The standard InChI is InChI=1S/C14H28N2O3/c1-2-3-9-19-12-13(17)10-15-11-14(18)16-7-5-4-6-8-16/h13,15,17H,2-12H2,1H3. The summed E-state index contributed by atoms with van der Waals surface area (Å²) in [6, 6.07) is 0. The first-order valence-electron chi connectivity index (χ1n) is 7.48. The molecule has 2 N–H and O–H groups in total. The van der Waals surface area contributed by atoms with Gasteiger partial charge in [0, 0.05) is 26.2 Å². The highest BCUT2D eigenvalue weighted by molar-refractivity contribution is 5.78. The lowest BCUT2D eigenvalue weighted by Crippen LogP contribution is -2.43. The Bertz CT molecular complexity index is 243. The van der Waals surface area contributed by atoms with Crippen LogP contribution in [-0.2, 0) is 9.53 Å². The zero-order valence-electron chi connectivity index (χ0n) is 12.1. The van der Waals surface area contributed by atoms with Gasteiger partial charge in [-0.1, -0.05) is 13.3 Å². The molecule has 112 valence electrons. The molecule has 5 nitrogen and oxygen atoms in total. The van der Waals surface area contributed by atoms with Crippen LogP contribution < -0.4 is 5.32 Å². The van der Waals surface area contributed by atoms with Crippen LogP contribution in [0.15, 0.2) is 0 Å². The van der Waals surface area contributed by atoms with Crippen molar-refractivity contribution in [2.75, 3.05) is 39.4 Å². The van der Waals surface area contributed by atoms with Gasteiger partial charge in [0.15, 0.2) is 0 Å². The van der Waals surface area contributed by atoms with Gasteiger partial charge < -0.3 is 20.1 Å². The molecule has 1 atom stereocenters. The number of carbonyl (C=O) groups is 1. The van der Waals surface area contributed by atoms with E-state index in [4.69, 9.17) is 4.74 Å². The molecule has 1 heterocycles. The Morgan fingerprint density at radius 1 is 1.37 bits per heavy atom. The third-order valence-electron chi connectivity index (χ3n) is 3.32. The Morgan fingerprint density at radius 2 is 2.11 bits per heavy atom. The minimum absolute atomic E-state index is 0.138. The maximum Gasteiger partial charge on any atom is 0.236 e. The van der Waals surface area contributed by atoms with E-state index in [1.165, 1.54) is 6.42 Å². The molecule has 0 radical (unpaired) electrons. The molecule has 0 aromatic carbocycles. The molecule has 0 aliphatic carbocycles. The van der Waals surface area contributed by atoms with Gasteiger partial charge in [-0.15, -0.1) is 0 Å². The van der Waals surface area contributed by atoms with E-state index >= 15 is 0 Å². The van der Waals surface area contributed by atoms with Crippen LogP contribution in [0, 0.1) is 0 Å². The zero-order chi connectivity index (χ0) is 13.9. The van der Waals surface area contributed by atoms with Gasteiger partial charge in [-0.25, -0.2) is 0 Å². The summed E-state index contributed by atoms with van der Waals surface area (Å²) in [7, 11) is 0. The van der Waals surface area contributed by atoms with Gasteiger partial charge in [0.05, 0.1) is 19.3 Å². The molecule has 1 unspecified atom stereocenters. The predicted molar refractivity (Wildman–Crippen MR) is 75.0 cm³/mol. The highest BCUT2D eigenvalue weighted by atomic mass is 16.5. The highest BCUT2D eigenvalue weighted by Gasteiger charge is 2.16. The second kappa shape index (κ2) is 10.2. The number of likely N-dealkylation sites (tertiary alicyclic amines) is 1. The number of aliphatic hydroxyl groups is 1. The number of ether oxygens (including phenoxy) is 1. The van der Waals surface area contributed by atoms with E-state index in [0.29, 0.717) is 26.3 Å². The number of aliphatic hydroxyl groups excluding tert-OH is 1. The molecule has 0 saturated carbocycles. The van der Waals surface area contributed by atoms with Crippen LogP contribution in [-0.4, -0.2) is 61.4 Å². The molecule has 1 fully saturated rings. The first kappa shape index (κ1) is 16.4. The number of rotatable bonds is 9. The number of carbonyl (C=O) groups excluding carboxylic acids is 1. The summed E-state index contributed by atoms with van der Waals surface area (Å²) in [5, 5.41) is 12.7. The fraction of sp³-hybridized carbons (Fsp3) is 0.929. The molecule has 0 spiro atoms. The monoisotopic (exact) mass is 272 g/mol. The van der Waals surface area contributed by atoms with Crippen molar-refractivity contribution in [3.8, 4) is 0 Å². The molecule has 1 aliphatic heterocycles. The number of piperidine rings is 1. The second-order valence-corrected chi connectivity index (χ2v) is 5.15. The van der Waals surface area contributed by atoms with E-state index in [1.54, 1.807) is 0 Å². The number of nitrogens with zero attached hydrogens (tertiary/aromatic N) is 1. The van der Waals surface area contributed by atoms with Crippen molar-refractivity contribution in [2.45, 2.75) is 45.1 Å². The van der Waals surface area contributed by atoms with Crippen LogP contribution in [0.1, 0.15) is 39.0 Å². The van der Waals surface area contributed by atoms with E-state index in [-0.39, 0.29) is 5.91 Å². The van der Waals surface area contributed by atoms with Gasteiger partial charge >= 0.3 is 0 Å². The first-order chi connectivity index (χ1) is 9.24. The minimum Gasteiger partial charge on any atom is -0.389 e. The van der Waals surface area contributed by atoms with Crippen molar-refractivity contribution in [1.29, 1.82) is 0 Å². The Balaban J connectivity index is 2.00. The number of hydrogen-bond donors (Lipinski definition) is 2. The van der Waals surface area contributed by atoms with Crippen LogP contribution in [0.3, 0.4) is 0 Å². The average molecular weight is 272 g/mol. The second-order valence-electron chi connectivity index (χ2n) is 5.15. The first-order valence-corrected chi connectivity index (χ1v) is 7.48. The van der Waals surface area contributed by atoms with E-state index in [1.807, 2.05) is 4.90 Å². The average Bonchev–Trinajstić information content (AvgIpc) is 2.44. The van der Waals surface area contributed by atoms with Crippen molar-refractivity contribution in [2.24, 2.45) is 0 Å². The Morgan fingerprint density at radius 3 is 2.79 bits per heavy atom. The molecular weight excluding hydrogens is 244 g/mol. The number of hydrogen-bond acceptors (Lipinski definition) is 4. The number of amides is 1. The largest absolute Gasteiger partial charge is 0.389 e. The summed E-state index contributed by atoms with van der Waals surface area (Å²) >= 11 is 0. The summed E-state index contributed by atoms with van der Waals surface area (Å²) in [6.07, 6.45) is 5.03. The summed E-state index contributed by atoms with van der Waals surface area (Å²) < 4.78 is 5.32. The lowest BCUT2D eigenvalue weighted by Gasteiger charge is -2.27. The molecule has 1 amide bonds. The molecule has 0 bridgehead atoms. The predicted octanol–water partition coefficient (Wildman–Crippen LogP) is 0.766. The third kappa shape index (κ3) is 7.50. The van der Waals surface area contributed by atoms with E-state index in [9.17, 15) is 9.90 Å². The highest BCUT2D eigenvalue weighted by Crippen LogP contribution is 2.08. The summed E-state index contributed by atoms with van der Waals surface area (Å²) in [4.78, 5) is 13.7. The van der Waals surface area contributed by atoms with Gasteiger partial charge in [0.2, 0.25) is 5.91 Å². The maximum atomic E-state index is 11.8. The molecule has 1 rings (SSSR count). The minimum atomic E-state index is -0.536. The normalized spacial score (nSPS) is 17.5. The quantitative estimate of drug-likeness (QED) is 0.609. The molecular formula is C14H28N2O3. The van der Waals surface area contributed by atoms with Crippen LogP contribution in [0.25, 0.3) is 0 Å². The molecule has 0 aromatic rings. The summed E-state index contributed by atoms with van der Waals surface area (Å²) in [5.41, 5.74) is 0. The fourth-order valence-electron chi connectivity index (χ4n) is 2.13. The lowest BCUT2D eigenvalue weighted by molar-refractivity contribution is -0.131. The van der Waals surface area contributed by atoms with E-state index in [0.717, 1.165) is 38.8 Å². The van der Waals surface area contributed by atoms with Gasteiger partial charge in [0.1, 0.15) is 0 Å². The third-order valence-corrected chi connectivity index (χ3v) is 3.32. The van der Waals surface area contributed by atoms with Gasteiger partial charge in [-0.05, 0) is 25.7 Å².